The van der Waals surface area contributed by atoms with Crippen LogP contribution < -0.4 is 5.32 Å². The summed E-state index contributed by atoms with van der Waals surface area (Å²) in [6, 6.07) is 8.95. The minimum atomic E-state index is -0.0955. The predicted octanol–water partition coefficient (Wildman–Crippen LogP) is 4.61. The zero-order valence-corrected chi connectivity index (χ0v) is 16.8. The molecule has 0 fully saturated rings. The van der Waals surface area contributed by atoms with Crippen molar-refractivity contribution in [1.29, 1.82) is 0 Å². The van der Waals surface area contributed by atoms with Gasteiger partial charge in [0.25, 0.3) is 0 Å². The Kier molecular flexibility index (Phi) is 5.82. The van der Waals surface area contributed by atoms with Gasteiger partial charge in [-0.15, -0.1) is 0 Å². The minimum absolute atomic E-state index is 0.0627. The first-order valence-corrected chi connectivity index (χ1v) is 9.32. The van der Waals surface area contributed by atoms with Crippen molar-refractivity contribution in [3.8, 4) is 5.69 Å². The number of aromatic nitrogens is 3. The molecule has 5 nitrogen and oxygen atoms in total. The molecule has 27 heavy (non-hydrogen) atoms. The summed E-state index contributed by atoms with van der Waals surface area (Å²) in [5, 5.41) is 8.66. The maximum Gasteiger partial charge on any atom is 0.225 e. The monoisotopic (exact) mass is 402 g/mol. The highest BCUT2D eigenvalue weighted by atomic mass is 35.5. The van der Waals surface area contributed by atoms with Crippen LogP contribution >= 0.6 is 23.2 Å². The summed E-state index contributed by atoms with van der Waals surface area (Å²) in [6.45, 7) is 5.77. The van der Waals surface area contributed by atoms with E-state index in [1.165, 1.54) is 0 Å². The smallest absolute Gasteiger partial charge is 0.225 e. The molecule has 1 N–H and O–H groups in total. The molecule has 0 aliphatic heterocycles. The first-order valence-electron chi connectivity index (χ1n) is 8.56. The van der Waals surface area contributed by atoms with Crippen molar-refractivity contribution in [3.05, 3.63) is 75.3 Å². The topological polar surface area (TPSA) is 59.8 Å². The standard InChI is InChI=1S/C20H20Cl2N4O/c1-12(15-6-8-23-9-7-15)24-20(27)11-17-13(2)25-26(14(17)3)19-5-4-16(21)10-18(19)22/h4-10,12H,11H2,1-3H3,(H,24,27)/t12-/m0/s1. The molecule has 140 valence electrons. The summed E-state index contributed by atoms with van der Waals surface area (Å²) < 4.78 is 1.75. The average Bonchev–Trinajstić information content (AvgIpc) is 2.90. The lowest BCUT2D eigenvalue weighted by Gasteiger charge is -2.14. The van der Waals surface area contributed by atoms with Gasteiger partial charge in [-0.1, -0.05) is 23.2 Å². The molecule has 0 unspecified atom stereocenters. The van der Waals surface area contributed by atoms with Crippen LogP contribution in [0.4, 0.5) is 0 Å². The summed E-state index contributed by atoms with van der Waals surface area (Å²) in [6.07, 6.45) is 3.68. The number of aryl methyl sites for hydroxylation is 1. The van der Waals surface area contributed by atoms with Crippen molar-refractivity contribution in [3.63, 3.8) is 0 Å². The highest BCUT2D eigenvalue weighted by Crippen LogP contribution is 2.27. The first-order chi connectivity index (χ1) is 12.9. The molecule has 0 saturated carbocycles. The predicted molar refractivity (Wildman–Crippen MR) is 108 cm³/mol. The van der Waals surface area contributed by atoms with Crippen LogP contribution in [-0.2, 0) is 11.2 Å². The molecule has 0 aliphatic carbocycles. The third kappa shape index (κ3) is 4.31. The van der Waals surface area contributed by atoms with Crippen LogP contribution in [0.15, 0.2) is 42.7 Å². The second-order valence-corrected chi connectivity index (χ2v) is 7.25. The van der Waals surface area contributed by atoms with Gasteiger partial charge in [0, 0.05) is 28.7 Å². The van der Waals surface area contributed by atoms with Gasteiger partial charge in [-0.3, -0.25) is 9.78 Å². The summed E-state index contributed by atoms with van der Waals surface area (Å²) in [7, 11) is 0. The number of rotatable bonds is 5. The maximum atomic E-state index is 12.6. The lowest BCUT2D eigenvalue weighted by molar-refractivity contribution is -0.121. The highest BCUT2D eigenvalue weighted by molar-refractivity contribution is 6.35. The summed E-state index contributed by atoms with van der Waals surface area (Å²) >= 11 is 12.3. The third-order valence-corrected chi connectivity index (χ3v) is 5.04. The van der Waals surface area contributed by atoms with Crippen LogP contribution in [0.1, 0.15) is 35.5 Å². The molecule has 0 aliphatic rings. The Hall–Kier alpha value is -2.37. The van der Waals surface area contributed by atoms with Gasteiger partial charge in [0.2, 0.25) is 5.91 Å². The second-order valence-electron chi connectivity index (χ2n) is 6.40. The molecule has 2 heterocycles. The number of carbonyl (C=O) groups excluding carboxylic acids is 1. The van der Waals surface area contributed by atoms with Gasteiger partial charge in [0.05, 0.1) is 28.9 Å². The van der Waals surface area contributed by atoms with E-state index in [9.17, 15) is 4.79 Å². The number of benzene rings is 1. The molecule has 0 radical (unpaired) electrons. The number of carbonyl (C=O) groups is 1. The largest absolute Gasteiger partial charge is 0.349 e. The van der Waals surface area contributed by atoms with Gasteiger partial charge in [-0.25, -0.2) is 4.68 Å². The van der Waals surface area contributed by atoms with Crippen LogP contribution in [-0.4, -0.2) is 20.7 Å². The van der Waals surface area contributed by atoms with Gasteiger partial charge in [-0.05, 0) is 56.7 Å². The van der Waals surface area contributed by atoms with Gasteiger partial charge in [-0.2, -0.15) is 5.10 Å². The van der Waals surface area contributed by atoms with Crippen LogP contribution in [0.5, 0.6) is 0 Å². The van der Waals surface area contributed by atoms with Crippen molar-refractivity contribution in [1.82, 2.24) is 20.1 Å². The first kappa shape index (κ1) is 19.4. The number of hydrogen-bond donors (Lipinski definition) is 1. The van der Waals surface area contributed by atoms with Gasteiger partial charge >= 0.3 is 0 Å². The van der Waals surface area contributed by atoms with Crippen molar-refractivity contribution >= 4 is 29.1 Å². The maximum absolute atomic E-state index is 12.6. The van der Waals surface area contributed by atoms with E-state index in [2.05, 4.69) is 15.4 Å². The van der Waals surface area contributed by atoms with E-state index in [4.69, 9.17) is 23.2 Å². The van der Waals surface area contributed by atoms with Gasteiger partial charge in [0.1, 0.15) is 0 Å². The van der Waals surface area contributed by atoms with E-state index < -0.39 is 0 Å². The van der Waals surface area contributed by atoms with E-state index in [0.717, 1.165) is 28.2 Å². The Morgan fingerprint density at radius 1 is 1.19 bits per heavy atom. The Labute approximate surface area is 168 Å². The fourth-order valence-electron chi connectivity index (χ4n) is 3.01. The normalized spacial score (nSPS) is 12.0. The zero-order valence-electron chi connectivity index (χ0n) is 15.3. The van der Waals surface area contributed by atoms with Crippen molar-refractivity contribution in [2.45, 2.75) is 33.2 Å². The fourth-order valence-corrected chi connectivity index (χ4v) is 3.50. The number of hydrogen-bond acceptors (Lipinski definition) is 3. The third-order valence-electron chi connectivity index (χ3n) is 4.50. The fraction of sp³-hybridized carbons (Fsp3) is 0.250. The molecule has 0 bridgehead atoms. The number of nitrogens with one attached hydrogen (secondary N) is 1. The number of amides is 1. The number of pyridine rings is 1. The van der Waals surface area contributed by atoms with Crippen LogP contribution in [0.25, 0.3) is 5.69 Å². The Balaban J connectivity index is 1.79. The second kappa shape index (κ2) is 8.11. The average molecular weight is 403 g/mol. The Morgan fingerprint density at radius 2 is 1.89 bits per heavy atom. The summed E-state index contributed by atoms with van der Waals surface area (Å²) in [5.41, 5.74) is 4.31. The van der Waals surface area contributed by atoms with E-state index >= 15 is 0 Å². The summed E-state index contributed by atoms with van der Waals surface area (Å²) in [5.74, 6) is -0.0627. The van der Waals surface area contributed by atoms with Gasteiger partial charge in [0.15, 0.2) is 0 Å². The lowest BCUT2D eigenvalue weighted by atomic mass is 10.1. The van der Waals surface area contributed by atoms with Crippen LogP contribution in [0.2, 0.25) is 10.0 Å². The zero-order chi connectivity index (χ0) is 19.6. The molecule has 1 amide bonds. The SMILES string of the molecule is Cc1nn(-c2ccc(Cl)cc2Cl)c(C)c1CC(=O)N[C@@H](C)c1ccncc1. The van der Waals surface area contributed by atoms with E-state index in [1.54, 1.807) is 29.2 Å². The number of nitrogens with zero attached hydrogens (tertiary/aromatic N) is 3. The molecule has 0 spiro atoms. The molecule has 2 aromatic heterocycles. The Bertz CT molecular complexity index is 970. The van der Waals surface area contributed by atoms with E-state index in [1.807, 2.05) is 39.0 Å². The van der Waals surface area contributed by atoms with Crippen LogP contribution in [0.3, 0.4) is 0 Å². The van der Waals surface area contributed by atoms with Crippen molar-refractivity contribution in [2.24, 2.45) is 0 Å². The van der Waals surface area contributed by atoms with Crippen molar-refractivity contribution in [2.75, 3.05) is 0 Å². The number of halogens is 2. The summed E-state index contributed by atoms with van der Waals surface area (Å²) in [4.78, 5) is 16.5. The van der Waals surface area contributed by atoms with Crippen LogP contribution in [0, 0.1) is 13.8 Å². The van der Waals surface area contributed by atoms with E-state index in [-0.39, 0.29) is 18.4 Å². The molecular formula is C20H20Cl2N4O. The molecule has 1 aromatic carbocycles. The molecule has 7 heteroatoms. The quantitative estimate of drug-likeness (QED) is 0.677. The molecular weight excluding hydrogens is 383 g/mol. The lowest BCUT2D eigenvalue weighted by Crippen LogP contribution is -2.28. The molecule has 3 aromatic rings. The minimum Gasteiger partial charge on any atom is -0.349 e. The molecule has 1 atom stereocenters. The molecule has 3 rings (SSSR count). The Morgan fingerprint density at radius 3 is 2.56 bits per heavy atom. The van der Waals surface area contributed by atoms with Gasteiger partial charge < -0.3 is 5.32 Å². The molecule has 0 saturated heterocycles. The highest BCUT2D eigenvalue weighted by Gasteiger charge is 2.18. The van der Waals surface area contributed by atoms with E-state index in [0.29, 0.717) is 10.0 Å². The van der Waals surface area contributed by atoms with Crippen molar-refractivity contribution < 1.29 is 4.79 Å².